The molecule has 37 nitrogen and oxygen atoms in total. The number of non-ortho nitro benzene ring substituents is 4. The zero-order valence-corrected chi connectivity index (χ0v) is 75.7. The molecule has 12 rings (SSSR count). The molecule has 8 aromatic carbocycles. The summed E-state index contributed by atoms with van der Waals surface area (Å²) < 4.78 is 39.1. The first-order valence-electron chi connectivity index (χ1n) is 42.3. The molecule has 0 saturated carbocycles. The third-order valence-electron chi connectivity index (χ3n) is 20.9. The number of ether oxygens (including phenoxy) is 6. The fourth-order valence-electron chi connectivity index (χ4n) is 14.9. The third-order valence-corrected chi connectivity index (χ3v) is 20.9. The highest BCUT2D eigenvalue weighted by atomic mass is 16.7. The zero-order chi connectivity index (χ0) is 95.4. The number of nitrogens with zero attached hydrogens (tertiary/aromatic N) is 12. The van der Waals surface area contributed by atoms with Crippen molar-refractivity contribution >= 4 is 175 Å². The van der Waals surface area contributed by atoms with E-state index in [1.807, 2.05) is 65.2 Å². The smallest absolute Gasteiger partial charge is 0.331 e. The zero-order valence-electron chi connectivity index (χ0n) is 75.7. The van der Waals surface area contributed by atoms with E-state index in [9.17, 15) is 74.0 Å². The van der Waals surface area contributed by atoms with Crippen molar-refractivity contribution in [1.29, 1.82) is 0 Å². The van der Waals surface area contributed by atoms with E-state index in [2.05, 4.69) is 36.7 Å². The van der Waals surface area contributed by atoms with E-state index in [0.717, 1.165) is 109 Å². The van der Waals surface area contributed by atoms with Gasteiger partial charge in [-0.3, -0.25) is 54.8 Å². The van der Waals surface area contributed by atoms with Crippen molar-refractivity contribution in [3.8, 4) is 0 Å². The van der Waals surface area contributed by atoms with Crippen LogP contribution in [0.25, 0.3) is 87.2 Å². The van der Waals surface area contributed by atoms with E-state index in [1.165, 1.54) is 78.0 Å². The average Bonchev–Trinajstić information content (AvgIpc) is 1.69. The van der Waals surface area contributed by atoms with Crippen molar-refractivity contribution in [3.05, 3.63) is 208 Å². The number of nitro groups is 4. The maximum atomic E-state index is 12.5. The molecule has 0 N–H and O–H groups in total. The Kier molecular flexibility index (Phi) is 36.3. The molecule has 0 spiro atoms. The molecule has 3 atom stereocenters. The van der Waals surface area contributed by atoms with Crippen molar-refractivity contribution < 1.29 is 101 Å². The number of nitro benzene ring substituents is 4. The topological polar surface area (TPSA) is 454 Å². The van der Waals surface area contributed by atoms with Gasteiger partial charge in [0.15, 0.2) is 0 Å². The Bertz CT molecular complexity index is 6410. The summed E-state index contributed by atoms with van der Waals surface area (Å²) in [5.74, 6) is -3.06. The Balaban J connectivity index is 0.000000197. The molecular weight excluding hydrogens is 1700 g/mol. The SMILES string of the molecule is CCCCCCn1c2ccc(/C(C)=N/OC(C)=O)cc2c2cc([N+](=O)[O-])ccc21.COCC(C)OC(=O)CCCCCn1c2ccc(/C(C)=N/OC(C)=O)cc2c2cc([N+](=O)[O-])ccc21.COCC(C)OC(=O)CCCn1c2ccc(/C(C)=N/OC(C)=O)cc2c2cc([N+](=O)[O-])ccc21.COCC(C)OC(=O)Cn1c2ccc(/C(C)=N/OC(C)=O)cc2c2cc([N+](=O)[O-])ccc21. The van der Waals surface area contributed by atoms with Crippen LogP contribution in [0.15, 0.2) is 166 Å². The van der Waals surface area contributed by atoms with Crippen molar-refractivity contribution in [1.82, 2.24) is 18.3 Å². The van der Waals surface area contributed by atoms with Gasteiger partial charge in [-0.05, 0) is 169 Å². The lowest BCUT2D eigenvalue weighted by Gasteiger charge is -2.13. The second-order valence-corrected chi connectivity index (χ2v) is 31.1. The minimum absolute atomic E-state index is 0.0125. The van der Waals surface area contributed by atoms with Gasteiger partial charge in [0.25, 0.3) is 22.7 Å². The number of esters is 3. The largest absolute Gasteiger partial charge is 0.460 e. The van der Waals surface area contributed by atoms with Crippen molar-refractivity contribution in [3.63, 3.8) is 0 Å². The molecule has 0 aliphatic carbocycles. The summed E-state index contributed by atoms with van der Waals surface area (Å²) in [6.07, 6.45) is 7.04. The average molecular weight is 1800 g/mol. The summed E-state index contributed by atoms with van der Waals surface area (Å²) in [5.41, 5.74) is 11.8. The Labute approximate surface area is 752 Å². The number of carbonyl (C=O) groups is 7. The fourth-order valence-corrected chi connectivity index (χ4v) is 14.9. The molecular formula is C94H106N12O25. The van der Waals surface area contributed by atoms with Crippen LogP contribution in [0.4, 0.5) is 22.7 Å². The highest BCUT2D eigenvalue weighted by molar-refractivity contribution is 6.16. The predicted octanol–water partition coefficient (Wildman–Crippen LogP) is 18.6. The van der Waals surface area contributed by atoms with Gasteiger partial charge in [0, 0.05) is 212 Å². The monoisotopic (exact) mass is 1800 g/mol. The van der Waals surface area contributed by atoms with Crippen LogP contribution in [-0.4, -0.2) is 162 Å². The third kappa shape index (κ3) is 27.0. The lowest BCUT2D eigenvalue weighted by molar-refractivity contribution is -0.384. The van der Waals surface area contributed by atoms with Gasteiger partial charge in [-0.25, -0.2) is 19.2 Å². The molecule has 3 unspecified atom stereocenters. The summed E-state index contributed by atoms with van der Waals surface area (Å²) >= 11 is 0. The number of hydrogen-bond acceptors (Lipinski definition) is 29. The van der Waals surface area contributed by atoms with E-state index in [0.29, 0.717) is 101 Å². The summed E-state index contributed by atoms with van der Waals surface area (Å²) in [5, 5.41) is 66.9. The van der Waals surface area contributed by atoms with Crippen LogP contribution >= 0.6 is 0 Å². The molecule has 0 fully saturated rings. The maximum Gasteiger partial charge on any atom is 0.331 e. The van der Waals surface area contributed by atoms with Gasteiger partial charge in [-0.1, -0.05) is 77.5 Å². The number of aromatic nitrogens is 4. The molecule has 37 heteroatoms. The first-order valence-corrected chi connectivity index (χ1v) is 42.3. The van der Waals surface area contributed by atoms with Crippen molar-refractivity contribution in [2.75, 3.05) is 41.2 Å². The number of fused-ring (bicyclic) bond motifs is 12. The number of carbonyl (C=O) groups excluding carboxylic acids is 7. The second-order valence-electron chi connectivity index (χ2n) is 31.1. The first-order chi connectivity index (χ1) is 62.5. The van der Waals surface area contributed by atoms with E-state index < -0.39 is 50.7 Å². The Morgan fingerprint density at radius 2 is 0.550 bits per heavy atom. The normalized spacial score (nSPS) is 12.5. The van der Waals surface area contributed by atoms with Gasteiger partial charge >= 0.3 is 41.8 Å². The summed E-state index contributed by atoms with van der Waals surface area (Å²) in [6.45, 7) is 22.4. The van der Waals surface area contributed by atoms with Crippen LogP contribution in [0.3, 0.4) is 0 Å². The number of rotatable bonds is 38. The van der Waals surface area contributed by atoms with Gasteiger partial charge in [-0.2, -0.15) is 0 Å². The van der Waals surface area contributed by atoms with Gasteiger partial charge in [-0.15, -0.1) is 0 Å². The second kappa shape index (κ2) is 47.5. The number of methoxy groups -OCH3 is 3. The van der Waals surface area contributed by atoms with E-state index >= 15 is 0 Å². The molecule has 0 amide bonds. The number of aryl methyl sites for hydroxylation is 3. The molecule has 0 radical (unpaired) electrons. The Morgan fingerprint density at radius 3 is 0.809 bits per heavy atom. The van der Waals surface area contributed by atoms with Crippen LogP contribution < -0.4 is 0 Å². The van der Waals surface area contributed by atoms with Gasteiger partial charge in [0.1, 0.15) is 24.9 Å². The molecule has 0 bridgehead atoms. The highest BCUT2D eigenvalue weighted by Gasteiger charge is 2.24. The quantitative estimate of drug-likeness (QED) is 0.00659. The summed E-state index contributed by atoms with van der Waals surface area (Å²) in [6, 6.07) is 41.6. The molecule has 0 saturated heterocycles. The standard InChI is InChI=1S/C26H31N3O7.C24H27N3O7.C22H23N3O7.C22H25N3O4/c1-17(16-34-4)35-26(31)8-6-5-7-13-28-24-11-9-20(18(2)27-36-19(3)30)14-22(24)23-15-21(29(32)33)10-12-25(23)28;1-15(14-32-4)33-24(29)6-5-11-26-22-9-7-18(16(2)25-34-17(3)28)12-20(22)21-13-19(27(30)31)8-10-23(21)26;1-13(12-30-4)31-22(27)11-24-20-7-5-16(14(2)23-32-15(3)26)9-18(20)19-10-17(25(28)29)6-8-21(19)24;1-4-5-6-7-12-24-21-10-8-17(15(2)23-29-16(3)26)13-19(21)20-14-18(25(27)28)9-11-22(20)24/h9-12,14-15,17H,5-8,13,16H2,1-4H3;7-10,12-13,15H,5-6,11,14H2,1-4H3;5-10,13H,11-12H2,1-4H3;8-11,13-14H,4-7,12H2,1-3H3/b27-18+;25-16+;23-14+;23-15+. The fraction of sp³-hybridized carbons (Fsp3) is 0.372. The number of hydrogen-bond donors (Lipinski definition) is 0. The number of benzene rings is 8. The molecule has 12 aromatic rings. The first kappa shape index (κ1) is 100. The van der Waals surface area contributed by atoms with Gasteiger partial charge < -0.3 is 66.0 Å². The summed E-state index contributed by atoms with van der Waals surface area (Å²) in [7, 11) is 4.64. The maximum absolute atomic E-state index is 12.5. The Morgan fingerprint density at radius 1 is 0.313 bits per heavy atom. The molecule has 4 aromatic heterocycles. The number of unbranched alkanes of at least 4 members (excludes halogenated alkanes) is 5. The van der Waals surface area contributed by atoms with Crippen LogP contribution in [0.5, 0.6) is 0 Å². The van der Waals surface area contributed by atoms with Crippen LogP contribution in [0.2, 0.25) is 0 Å². The summed E-state index contributed by atoms with van der Waals surface area (Å²) in [4.78, 5) is 143. The molecule has 131 heavy (non-hydrogen) atoms. The lowest BCUT2D eigenvalue weighted by atomic mass is 10.1. The van der Waals surface area contributed by atoms with Crippen LogP contribution in [0.1, 0.15) is 170 Å². The lowest BCUT2D eigenvalue weighted by Crippen LogP contribution is -2.22. The van der Waals surface area contributed by atoms with Crippen molar-refractivity contribution in [2.24, 2.45) is 20.6 Å². The molecule has 692 valence electrons. The van der Waals surface area contributed by atoms with Gasteiger partial charge in [0.2, 0.25) is 0 Å². The molecule has 0 aliphatic rings. The predicted molar refractivity (Wildman–Crippen MR) is 494 cm³/mol. The Hall–Kier alpha value is -14.6. The molecule has 4 heterocycles. The van der Waals surface area contributed by atoms with Crippen molar-refractivity contribution in [2.45, 2.75) is 192 Å². The van der Waals surface area contributed by atoms with E-state index in [4.69, 9.17) is 47.8 Å². The number of oxime groups is 4. The minimum Gasteiger partial charge on any atom is -0.460 e. The van der Waals surface area contributed by atoms with Gasteiger partial charge in [0.05, 0.1) is 67.9 Å². The highest BCUT2D eigenvalue weighted by Crippen LogP contribution is 2.39. The van der Waals surface area contributed by atoms with E-state index in [1.54, 1.807) is 122 Å². The minimum atomic E-state index is -0.543. The van der Waals surface area contributed by atoms with Crippen LogP contribution in [0, 0.1) is 40.5 Å². The molecule has 0 aliphatic heterocycles. The van der Waals surface area contributed by atoms with Crippen LogP contribution in [-0.2, 0) is 108 Å². The van der Waals surface area contributed by atoms with E-state index in [-0.39, 0.29) is 71.4 Å².